The van der Waals surface area contributed by atoms with Crippen LogP contribution in [0.15, 0.2) is 24.5 Å². The van der Waals surface area contributed by atoms with Crippen LogP contribution in [0.5, 0.6) is 0 Å². The second-order valence-corrected chi connectivity index (χ2v) is 9.26. The number of hydrogen-bond acceptors (Lipinski definition) is 6. The van der Waals surface area contributed by atoms with Gasteiger partial charge in [0.2, 0.25) is 5.91 Å². The number of aromatic nitrogens is 3. The number of thiophene rings is 1. The first kappa shape index (κ1) is 21.8. The van der Waals surface area contributed by atoms with Gasteiger partial charge >= 0.3 is 0 Å². The van der Waals surface area contributed by atoms with Crippen molar-refractivity contribution in [3.63, 3.8) is 0 Å². The van der Waals surface area contributed by atoms with E-state index in [1.807, 2.05) is 26.0 Å². The van der Waals surface area contributed by atoms with Crippen molar-refractivity contribution in [1.29, 1.82) is 0 Å². The summed E-state index contributed by atoms with van der Waals surface area (Å²) >= 11 is 1.37. The SMILES string of the molecule is Cc1nc(C(C)(C)C)nc2sc(C(=O)NCCC(=O)NCc3cccnc3)c(C)c12. The van der Waals surface area contributed by atoms with E-state index in [-0.39, 0.29) is 30.2 Å². The molecule has 30 heavy (non-hydrogen) atoms. The summed E-state index contributed by atoms with van der Waals surface area (Å²) < 4.78 is 0. The molecule has 0 aliphatic carbocycles. The number of fused-ring (bicyclic) bond motifs is 1. The van der Waals surface area contributed by atoms with Gasteiger partial charge in [0.15, 0.2) is 0 Å². The first-order chi connectivity index (χ1) is 14.2. The maximum Gasteiger partial charge on any atom is 0.261 e. The van der Waals surface area contributed by atoms with E-state index in [0.29, 0.717) is 11.4 Å². The fraction of sp³-hybridized carbons (Fsp3) is 0.409. The number of pyridine rings is 1. The van der Waals surface area contributed by atoms with Crippen LogP contribution >= 0.6 is 11.3 Å². The summed E-state index contributed by atoms with van der Waals surface area (Å²) in [5.41, 5.74) is 2.53. The second-order valence-electron chi connectivity index (χ2n) is 8.26. The number of hydrogen-bond donors (Lipinski definition) is 2. The van der Waals surface area contributed by atoms with Gasteiger partial charge in [0.05, 0.1) is 10.6 Å². The third-order valence-corrected chi connectivity index (χ3v) is 5.88. The monoisotopic (exact) mass is 425 g/mol. The van der Waals surface area contributed by atoms with Gasteiger partial charge in [0.1, 0.15) is 10.7 Å². The van der Waals surface area contributed by atoms with Gasteiger partial charge in [-0.05, 0) is 31.0 Å². The van der Waals surface area contributed by atoms with Crippen molar-refractivity contribution >= 4 is 33.4 Å². The lowest BCUT2D eigenvalue weighted by Gasteiger charge is -2.16. The molecule has 0 aliphatic heterocycles. The molecule has 3 heterocycles. The van der Waals surface area contributed by atoms with Crippen molar-refractivity contribution < 1.29 is 9.59 Å². The summed E-state index contributed by atoms with van der Waals surface area (Å²) in [6.07, 6.45) is 3.61. The zero-order chi connectivity index (χ0) is 21.9. The number of nitrogens with zero attached hydrogens (tertiary/aromatic N) is 3. The Labute approximate surface area is 180 Å². The minimum Gasteiger partial charge on any atom is -0.352 e. The van der Waals surface area contributed by atoms with Gasteiger partial charge in [-0.1, -0.05) is 26.8 Å². The maximum atomic E-state index is 12.7. The molecular formula is C22H27N5O2S. The summed E-state index contributed by atoms with van der Waals surface area (Å²) in [5.74, 6) is 0.460. The molecule has 0 bridgehead atoms. The van der Waals surface area contributed by atoms with Crippen LogP contribution in [0.2, 0.25) is 0 Å². The van der Waals surface area contributed by atoms with E-state index >= 15 is 0 Å². The molecule has 2 N–H and O–H groups in total. The van der Waals surface area contributed by atoms with Crippen molar-refractivity contribution in [3.05, 3.63) is 52.0 Å². The molecular weight excluding hydrogens is 398 g/mol. The first-order valence-corrected chi connectivity index (χ1v) is 10.7. The third-order valence-electron chi connectivity index (χ3n) is 4.70. The molecule has 0 saturated heterocycles. The fourth-order valence-corrected chi connectivity index (χ4v) is 4.20. The minimum atomic E-state index is -0.188. The van der Waals surface area contributed by atoms with Crippen LogP contribution in [-0.2, 0) is 16.8 Å². The van der Waals surface area contributed by atoms with Crippen LogP contribution in [0.3, 0.4) is 0 Å². The molecule has 158 valence electrons. The highest BCUT2D eigenvalue weighted by Gasteiger charge is 2.23. The van der Waals surface area contributed by atoms with E-state index in [0.717, 1.165) is 32.9 Å². The van der Waals surface area contributed by atoms with Crippen molar-refractivity contribution in [2.45, 2.75) is 53.0 Å². The van der Waals surface area contributed by atoms with Crippen molar-refractivity contribution in [3.8, 4) is 0 Å². The van der Waals surface area contributed by atoms with Crippen LogP contribution in [0, 0.1) is 13.8 Å². The molecule has 0 aliphatic rings. The van der Waals surface area contributed by atoms with E-state index in [1.54, 1.807) is 12.4 Å². The Bertz CT molecular complexity index is 1070. The number of carbonyl (C=O) groups excluding carboxylic acids is 2. The molecule has 8 heteroatoms. The molecule has 0 aromatic carbocycles. The molecule has 0 saturated carbocycles. The zero-order valence-corrected chi connectivity index (χ0v) is 18.8. The Kier molecular flexibility index (Phi) is 6.45. The number of aryl methyl sites for hydroxylation is 2. The second kappa shape index (κ2) is 8.87. The normalized spacial score (nSPS) is 11.5. The van der Waals surface area contributed by atoms with Gasteiger partial charge in [-0.25, -0.2) is 9.97 Å². The zero-order valence-electron chi connectivity index (χ0n) is 18.0. The van der Waals surface area contributed by atoms with Crippen LogP contribution in [0.25, 0.3) is 10.2 Å². The fourth-order valence-electron chi connectivity index (χ4n) is 3.05. The van der Waals surface area contributed by atoms with Gasteiger partial charge in [-0.15, -0.1) is 11.3 Å². The smallest absolute Gasteiger partial charge is 0.261 e. The third kappa shape index (κ3) is 4.99. The summed E-state index contributed by atoms with van der Waals surface area (Å²) in [5, 5.41) is 6.61. The Hall–Kier alpha value is -2.87. The standard InChI is InChI=1S/C22H27N5O2S/c1-13-17-14(2)26-21(22(3,4)5)27-20(17)30-18(13)19(29)24-10-8-16(28)25-12-15-7-6-9-23-11-15/h6-7,9,11H,8,10,12H2,1-5H3,(H,24,29)(H,25,28). The van der Waals surface area contributed by atoms with Gasteiger partial charge in [0.25, 0.3) is 5.91 Å². The van der Waals surface area contributed by atoms with E-state index < -0.39 is 0 Å². The first-order valence-electron chi connectivity index (χ1n) is 9.89. The lowest BCUT2D eigenvalue weighted by molar-refractivity contribution is -0.121. The Morgan fingerprint density at radius 2 is 1.90 bits per heavy atom. The van der Waals surface area contributed by atoms with Gasteiger partial charge in [-0.3, -0.25) is 14.6 Å². The van der Waals surface area contributed by atoms with Gasteiger partial charge < -0.3 is 10.6 Å². The molecule has 0 radical (unpaired) electrons. The van der Waals surface area contributed by atoms with Crippen LogP contribution in [0.1, 0.15) is 59.5 Å². The van der Waals surface area contributed by atoms with Gasteiger partial charge in [0, 0.05) is 42.7 Å². The molecule has 3 rings (SSSR count). The van der Waals surface area contributed by atoms with Crippen LogP contribution in [0.4, 0.5) is 0 Å². The molecule has 3 aromatic heterocycles. The van der Waals surface area contributed by atoms with Crippen LogP contribution in [-0.4, -0.2) is 33.3 Å². The van der Waals surface area contributed by atoms with E-state index in [1.165, 1.54) is 11.3 Å². The lowest BCUT2D eigenvalue weighted by Crippen LogP contribution is -2.30. The number of nitrogens with one attached hydrogen (secondary N) is 2. The highest BCUT2D eigenvalue weighted by Crippen LogP contribution is 2.33. The molecule has 7 nitrogen and oxygen atoms in total. The highest BCUT2D eigenvalue weighted by atomic mass is 32.1. The van der Waals surface area contributed by atoms with E-state index in [4.69, 9.17) is 4.98 Å². The molecule has 0 fully saturated rings. The van der Waals surface area contributed by atoms with E-state index in [9.17, 15) is 9.59 Å². The van der Waals surface area contributed by atoms with Crippen molar-refractivity contribution in [2.24, 2.45) is 0 Å². The largest absolute Gasteiger partial charge is 0.352 e. The topological polar surface area (TPSA) is 96.9 Å². The average Bonchev–Trinajstić information content (AvgIpc) is 3.03. The summed E-state index contributed by atoms with van der Waals surface area (Å²) in [4.78, 5) is 39.5. The molecule has 0 unspecified atom stereocenters. The quantitative estimate of drug-likeness (QED) is 0.631. The minimum absolute atomic E-state index is 0.122. The maximum absolute atomic E-state index is 12.7. The van der Waals surface area contributed by atoms with Crippen molar-refractivity contribution in [2.75, 3.05) is 6.54 Å². The Balaban J connectivity index is 1.62. The molecule has 0 atom stereocenters. The summed E-state index contributed by atoms with van der Waals surface area (Å²) in [6.45, 7) is 10.8. The average molecular weight is 426 g/mol. The summed E-state index contributed by atoms with van der Waals surface area (Å²) in [7, 11) is 0. The molecule has 3 aromatic rings. The Morgan fingerprint density at radius 1 is 1.13 bits per heavy atom. The molecule has 2 amide bonds. The predicted octanol–water partition coefficient (Wildman–Crippen LogP) is 3.44. The lowest BCUT2D eigenvalue weighted by atomic mass is 9.95. The van der Waals surface area contributed by atoms with E-state index in [2.05, 4.69) is 41.4 Å². The molecule has 0 spiro atoms. The number of carbonyl (C=O) groups is 2. The number of amides is 2. The summed E-state index contributed by atoms with van der Waals surface area (Å²) in [6, 6.07) is 3.72. The number of rotatable bonds is 6. The van der Waals surface area contributed by atoms with Crippen LogP contribution < -0.4 is 10.6 Å². The predicted molar refractivity (Wildman–Crippen MR) is 119 cm³/mol. The van der Waals surface area contributed by atoms with Gasteiger partial charge in [-0.2, -0.15) is 0 Å². The van der Waals surface area contributed by atoms with Crippen molar-refractivity contribution in [1.82, 2.24) is 25.6 Å². The highest BCUT2D eigenvalue weighted by molar-refractivity contribution is 7.20. The Morgan fingerprint density at radius 3 is 2.57 bits per heavy atom.